The van der Waals surface area contributed by atoms with Gasteiger partial charge in [-0.1, -0.05) is 26.0 Å². The summed E-state index contributed by atoms with van der Waals surface area (Å²) in [6.45, 7) is 7.25. The molecule has 3 amide bonds. The van der Waals surface area contributed by atoms with E-state index in [1.165, 1.54) is 6.33 Å². The van der Waals surface area contributed by atoms with Crippen LogP contribution in [0.4, 0.5) is 44.3 Å². The third-order valence-corrected chi connectivity index (χ3v) is 7.21. The lowest BCUT2D eigenvalue weighted by Crippen LogP contribution is -2.48. The van der Waals surface area contributed by atoms with Crippen molar-refractivity contribution in [3.63, 3.8) is 0 Å². The number of hydrogen-bond donors (Lipinski definition) is 3. The number of ether oxygens (including phenoxy) is 1. The molecule has 2 aromatic carbocycles. The number of nitrogen functional groups attached to an aromatic ring is 1. The number of rotatable bonds is 7. The van der Waals surface area contributed by atoms with E-state index >= 15 is 0 Å². The number of amides is 3. The quantitative estimate of drug-likeness (QED) is 0.224. The normalized spacial score (nSPS) is 14.2. The number of anilines is 3. The highest BCUT2D eigenvalue weighted by Crippen LogP contribution is 2.33. The first kappa shape index (κ1) is 31.5. The monoisotopic (exact) mass is 628 g/mol. The lowest BCUT2D eigenvalue weighted by atomic mass is 10.1. The molecule has 238 valence electrons. The van der Waals surface area contributed by atoms with E-state index in [9.17, 15) is 27.2 Å². The van der Waals surface area contributed by atoms with Crippen LogP contribution in [0, 0.1) is 11.7 Å². The number of urea groups is 1. The highest BCUT2D eigenvalue weighted by atomic mass is 19.4. The van der Waals surface area contributed by atoms with Gasteiger partial charge in [-0.3, -0.25) is 4.90 Å². The number of nitrogens with two attached hydrogens (primary N) is 1. The van der Waals surface area contributed by atoms with E-state index in [0.29, 0.717) is 68.7 Å². The lowest BCUT2D eigenvalue weighted by Gasteiger charge is -2.34. The van der Waals surface area contributed by atoms with Gasteiger partial charge in [-0.05, 0) is 47.9 Å². The first-order chi connectivity index (χ1) is 21.4. The van der Waals surface area contributed by atoms with Crippen LogP contribution in [0.3, 0.4) is 0 Å². The minimum Gasteiger partial charge on any atom is -0.449 e. The summed E-state index contributed by atoms with van der Waals surface area (Å²) in [6.07, 6.45) is -3.62. The number of fused-ring (bicyclic) bond motifs is 1. The second-order valence-electron chi connectivity index (χ2n) is 11.0. The number of halogens is 4. The molecular formula is C30H32F4N8O3. The molecule has 2 aromatic heterocycles. The molecule has 1 fully saturated rings. The first-order valence-corrected chi connectivity index (χ1v) is 14.2. The van der Waals surface area contributed by atoms with Crippen LogP contribution in [0.15, 0.2) is 54.9 Å². The van der Waals surface area contributed by atoms with Crippen LogP contribution in [0.25, 0.3) is 16.6 Å². The van der Waals surface area contributed by atoms with Crippen molar-refractivity contribution in [3.8, 4) is 11.1 Å². The first-order valence-electron chi connectivity index (χ1n) is 14.2. The third-order valence-electron chi connectivity index (χ3n) is 7.21. The molecule has 1 aliphatic heterocycles. The molecule has 45 heavy (non-hydrogen) atoms. The molecule has 0 unspecified atom stereocenters. The summed E-state index contributed by atoms with van der Waals surface area (Å²) in [5.74, 6) is -0.471. The fraction of sp³-hybridized carbons (Fsp3) is 0.333. The Morgan fingerprint density at radius 2 is 1.73 bits per heavy atom. The molecule has 0 radical (unpaired) electrons. The predicted octanol–water partition coefficient (Wildman–Crippen LogP) is 5.69. The van der Waals surface area contributed by atoms with Crippen LogP contribution in [0.5, 0.6) is 0 Å². The van der Waals surface area contributed by atoms with E-state index in [-0.39, 0.29) is 17.8 Å². The molecule has 3 heterocycles. The zero-order valence-corrected chi connectivity index (χ0v) is 24.6. The molecule has 11 nitrogen and oxygen atoms in total. The van der Waals surface area contributed by atoms with E-state index < -0.39 is 29.3 Å². The maximum atomic E-state index is 14.1. The SMILES string of the molecule is CC(C)COC(=O)N1CCN(Cc2cc(-c3ccc(NC(=O)Nc4cc(C(F)(F)F)ccc4F)cc3)c3c(N)ncnn23)CC1. The van der Waals surface area contributed by atoms with E-state index in [1.54, 1.807) is 33.7 Å². The van der Waals surface area contributed by atoms with E-state index in [4.69, 9.17) is 10.5 Å². The van der Waals surface area contributed by atoms with Gasteiger partial charge in [0.05, 0.1) is 23.6 Å². The van der Waals surface area contributed by atoms with Crippen LogP contribution < -0.4 is 16.4 Å². The summed E-state index contributed by atoms with van der Waals surface area (Å²) in [6, 6.07) is 9.46. The summed E-state index contributed by atoms with van der Waals surface area (Å²) in [5.41, 5.74) is 7.83. The Morgan fingerprint density at radius 1 is 1.02 bits per heavy atom. The smallest absolute Gasteiger partial charge is 0.416 e. The van der Waals surface area contributed by atoms with Gasteiger partial charge in [0.25, 0.3) is 0 Å². The van der Waals surface area contributed by atoms with Crippen LogP contribution in [-0.2, 0) is 17.5 Å². The van der Waals surface area contributed by atoms with Crippen molar-refractivity contribution in [1.29, 1.82) is 0 Å². The van der Waals surface area contributed by atoms with E-state index in [0.717, 1.165) is 16.8 Å². The molecule has 0 saturated carbocycles. The van der Waals surface area contributed by atoms with Crippen LogP contribution in [0.1, 0.15) is 25.1 Å². The molecule has 0 bridgehead atoms. The van der Waals surface area contributed by atoms with Crippen LogP contribution in [-0.4, -0.2) is 69.3 Å². The molecule has 4 N–H and O–H groups in total. The average Bonchev–Trinajstić information content (AvgIpc) is 3.36. The summed E-state index contributed by atoms with van der Waals surface area (Å²) in [5, 5.41) is 9.02. The molecule has 15 heteroatoms. The Bertz CT molecular complexity index is 1680. The molecule has 0 spiro atoms. The standard InChI is InChI=1S/C30H32F4N8O3/c1-18(2)16-45-29(44)41-11-9-40(10-12-41)15-22-14-23(26-27(35)36-17-37-42(22)26)19-3-6-21(7-4-19)38-28(43)39-25-13-20(30(32,33)34)5-8-24(25)31/h3-8,13-14,17-18H,9-12,15-16H2,1-2H3,(H2,35,36,37)(H2,38,39,43). The molecule has 0 atom stereocenters. The van der Waals surface area contributed by atoms with Crippen molar-refractivity contribution in [2.75, 3.05) is 49.2 Å². The van der Waals surface area contributed by atoms with Gasteiger partial charge >= 0.3 is 18.3 Å². The Labute approximate surface area is 256 Å². The molecule has 1 aliphatic rings. The third kappa shape index (κ3) is 7.42. The van der Waals surface area contributed by atoms with Gasteiger partial charge in [-0.2, -0.15) is 18.3 Å². The van der Waals surface area contributed by atoms with Crippen LogP contribution >= 0.6 is 0 Å². The topological polar surface area (TPSA) is 130 Å². The van der Waals surface area contributed by atoms with Crippen molar-refractivity contribution in [3.05, 3.63) is 71.9 Å². The van der Waals surface area contributed by atoms with E-state index in [1.807, 2.05) is 19.9 Å². The number of carbonyl (C=O) groups excluding carboxylic acids is 2. The molecule has 4 aromatic rings. The Balaban J connectivity index is 1.27. The largest absolute Gasteiger partial charge is 0.449 e. The van der Waals surface area contributed by atoms with Gasteiger partial charge < -0.3 is 26.0 Å². The van der Waals surface area contributed by atoms with Gasteiger partial charge in [0, 0.05) is 44.0 Å². The summed E-state index contributed by atoms with van der Waals surface area (Å²) >= 11 is 0. The fourth-order valence-electron chi connectivity index (χ4n) is 4.93. The minimum absolute atomic E-state index is 0.262. The number of alkyl halides is 3. The Kier molecular flexibility index (Phi) is 9.09. The maximum absolute atomic E-state index is 14.1. The van der Waals surface area contributed by atoms with Crippen LogP contribution in [0.2, 0.25) is 0 Å². The average molecular weight is 629 g/mol. The summed E-state index contributed by atoms with van der Waals surface area (Å²) < 4.78 is 60.1. The number of benzene rings is 2. The number of piperazine rings is 1. The van der Waals surface area contributed by atoms with Crippen molar-refractivity contribution in [2.45, 2.75) is 26.6 Å². The number of nitrogens with one attached hydrogen (secondary N) is 2. The molecule has 1 saturated heterocycles. The van der Waals surface area contributed by atoms with Crippen molar-refractivity contribution in [2.24, 2.45) is 5.92 Å². The number of hydrogen-bond acceptors (Lipinski definition) is 7. The number of aromatic nitrogens is 3. The molecular weight excluding hydrogens is 596 g/mol. The second-order valence-corrected chi connectivity index (χ2v) is 11.0. The minimum atomic E-state index is -4.69. The van der Waals surface area contributed by atoms with Gasteiger partial charge in [0.1, 0.15) is 17.7 Å². The maximum Gasteiger partial charge on any atom is 0.416 e. The number of carbonyl (C=O) groups is 2. The molecule has 5 rings (SSSR count). The summed E-state index contributed by atoms with van der Waals surface area (Å²) in [7, 11) is 0. The van der Waals surface area contributed by atoms with Gasteiger partial charge in [0.15, 0.2) is 5.82 Å². The Hall–Kier alpha value is -4.92. The van der Waals surface area contributed by atoms with E-state index in [2.05, 4.69) is 25.6 Å². The highest BCUT2D eigenvalue weighted by Gasteiger charge is 2.31. The van der Waals surface area contributed by atoms with Gasteiger partial charge in [-0.15, -0.1) is 0 Å². The second kappa shape index (κ2) is 13.0. The fourth-order valence-corrected chi connectivity index (χ4v) is 4.93. The van der Waals surface area contributed by atoms with Gasteiger partial charge in [-0.25, -0.2) is 23.5 Å². The Morgan fingerprint density at radius 3 is 2.40 bits per heavy atom. The predicted molar refractivity (Wildman–Crippen MR) is 160 cm³/mol. The number of nitrogens with zero attached hydrogens (tertiary/aromatic N) is 5. The zero-order chi connectivity index (χ0) is 32.3. The zero-order valence-electron chi connectivity index (χ0n) is 24.6. The highest BCUT2D eigenvalue weighted by molar-refractivity contribution is 6.00. The lowest BCUT2D eigenvalue weighted by molar-refractivity contribution is -0.137. The van der Waals surface area contributed by atoms with Crippen molar-refractivity contribution < 1.29 is 31.9 Å². The van der Waals surface area contributed by atoms with Gasteiger partial charge in [0.2, 0.25) is 0 Å². The van der Waals surface area contributed by atoms with Crippen molar-refractivity contribution >= 4 is 34.8 Å². The van der Waals surface area contributed by atoms with Crippen molar-refractivity contribution in [1.82, 2.24) is 24.4 Å². The summed E-state index contributed by atoms with van der Waals surface area (Å²) in [4.78, 5) is 32.8. The molecule has 0 aliphatic carbocycles.